The van der Waals surface area contributed by atoms with Crippen molar-refractivity contribution in [3.8, 4) is 5.69 Å². The molecule has 96 valence electrons. The van der Waals surface area contributed by atoms with Gasteiger partial charge in [-0.3, -0.25) is 0 Å². The third-order valence-corrected chi connectivity index (χ3v) is 3.33. The van der Waals surface area contributed by atoms with Gasteiger partial charge in [0, 0.05) is 6.07 Å². The van der Waals surface area contributed by atoms with Crippen molar-refractivity contribution in [1.29, 1.82) is 0 Å². The number of aliphatic hydroxyl groups is 1. The van der Waals surface area contributed by atoms with Crippen LogP contribution in [0.15, 0.2) is 22.8 Å². The molecule has 0 aliphatic rings. The molecule has 2 rings (SSSR count). The highest BCUT2D eigenvalue weighted by molar-refractivity contribution is 9.10. The number of nitrogens with zero attached hydrogens (tertiary/aromatic N) is 3. The summed E-state index contributed by atoms with van der Waals surface area (Å²) in [5, 5.41) is 17.5. The molecule has 0 amide bonds. The Bertz CT molecular complexity index is 570. The molecule has 1 aromatic carbocycles. The molecule has 4 nitrogen and oxygen atoms in total. The van der Waals surface area contributed by atoms with Crippen LogP contribution in [0.1, 0.15) is 30.7 Å². The molecule has 1 heterocycles. The molecule has 0 bridgehead atoms. The molecule has 0 spiro atoms. The number of benzene rings is 1. The molecule has 1 unspecified atom stereocenters. The number of aromatic nitrogens is 3. The first-order valence-corrected chi connectivity index (χ1v) is 6.38. The highest BCUT2D eigenvalue weighted by Crippen LogP contribution is 2.23. The van der Waals surface area contributed by atoms with E-state index in [-0.39, 0.29) is 5.82 Å². The molecule has 0 saturated heterocycles. The van der Waals surface area contributed by atoms with Gasteiger partial charge in [0.25, 0.3) is 0 Å². The summed E-state index contributed by atoms with van der Waals surface area (Å²) < 4.78 is 15.4. The molecule has 1 aromatic heterocycles. The smallest absolute Gasteiger partial charge is 0.139 e. The van der Waals surface area contributed by atoms with Crippen LogP contribution in [0, 0.1) is 12.7 Å². The van der Waals surface area contributed by atoms with Crippen LogP contribution in [-0.4, -0.2) is 20.1 Å². The minimum Gasteiger partial charge on any atom is -0.387 e. The summed E-state index contributed by atoms with van der Waals surface area (Å²) in [6.07, 6.45) is 1.54. The molecule has 0 aliphatic carbocycles. The van der Waals surface area contributed by atoms with Crippen LogP contribution in [0.2, 0.25) is 0 Å². The summed E-state index contributed by atoms with van der Waals surface area (Å²) >= 11 is 3.13. The summed E-state index contributed by atoms with van der Waals surface area (Å²) in [5.41, 5.74) is 1.96. The molecular weight excluding hydrogens is 301 g/mol. The van der Waals surface area contributed by atoms with Gasteiger partial charge in [0.05, 0.1) is 22.5 Å². The fourth-order valence-electron chi connectivity index (χ4n) is 1.64. The molecule has 0 fully saturated rings. The predicted octanol–water partition coefficient (Wildman–Crippen LogP) is 2.92. The van der Waals surface area contributed by atoms with Crippen LogP contribution in [0.4, 0.5) is 4.39 Å². The summed E-state index contributed by atoms with van der Waals surface area (Å²) in [6, 6.07) is 3.07. The predicted molar refractivity (Wildman–Crippen MR) is 69.0 cm³/mol. The summed E-state index contributed by atoms with van der Waals surface area (Å²) in [5.74, 6) is -0.358. The van der Waals surface area contributed by atoms with E-state index in [1.807, 2.05) is 13.8 Å². The fraction of sp³-hybridized carbons (Fsp3) is 0.333. The van der Waals surface area contributed by atoms with E-state index < -0.39 is 6.10 Å². The van der Waals surface area contributed by atoms with E-state index in [1.54, 1.807) is 12.3 Å². The third-order valence-electron chi connectivity index (χ3n) is 2.72. The van der Waals surface area contributed by atoms with E-state index in [0.717, 1.165) is 5.56 Å². The molecule has 1 atom stereocenters. The molecule has 18 heavy (non-hydrogen) atoms. The Morgan fingerprint density at radius 1 is 1.50 bits per heavy atom. The van der Waals surface area contributed by atoms with Crippen molar-refractivity contribution < 1.29 is 9.50 Å². The topological polar surface area (TPSA) is 50.9 Å². The first-order chi connectivity index (χ1) is 8.52. The Balaban J connectivity index is 2.43. The van der Waals surface area contributed by atoms with E-state index in [0.29, 0.717) is 22.3 Å². The lowest BCUT2D eigenvalue weighted by Crippen LogP contribution is -1.99. The maximum absolute atomic E-state index is 13.5. The van der Waals surface area contributed by atoms with Gasteiger partial charge in [-0.2, -0.15) is 0 Å². The van der Waals surface area contributed by atoms with E-state index in [1.165, 1.54) is 10.7 Å². The average Bonchev–Trinajstić information content (AvgIpc) is 2.82. The lowest BCUT2D eigenvalue weighted by molar-refractivity contribution is 0.169. The molecule has 1 N–H and O–H groups in total. The van der Waals surface area contributed by atoms with E-state index in [9.17, 15) is 9.50 Å². The summed E-state index contributed by atoms with van der Waals surface area (Å²) in [7, 11) is 0. The molecule has 0 radical (unpaired) electrons. The second kappa shape index (κ2) is 5.16. The second-order valence-electron chi connectivity index (χ2n) is 4.06. The number of rotatable bonds is 3. The van der Waals surface area contributed by atoms with Crippen molar-refractivity contribution in [1.82, 2.24) is 15.0 Å². The van der Waals surface area contributed by atoms with Crippen molar-refractivity contribution in [2.75, 3.05) is 0 Å². The fourth-order valence-corrected chi connectivity index (χ4v) is 2.10. The van der Waals surface area contributed by atoms with Gasteiger partial charge in [-0.05, 0) is 40.9 Å². The van der Waals surface area contributed by atoms with Crippen LogP contribution < -0.4 is 0 Å². The molecular formula is C12H13BrFN3O. The van der Waals surface area contributed by atoms with Gasteiger partial charge in [-0.25, -0.2) is 9.07 Å². The summed E-state index contributed by atoms with van der Waals surface area (Å²) in [4.78, 5) is 0. The number of aryl methyl sites for hydroxylation is 1. The molecule has 0 aliphatic heterocycles. The van der Waals surface area contributed by atoms with Crippen LogP contribution in [0.5, 0.6) is 0 Å². The zero-order valence-electron chi connectivity index (χ0n) is 10.1. The number of hydrogen-bond acceptors (Lipinski definition) is 3. The monoisotopic (exact) mass is 313 g/mol. The van der Waals surface area contributed by atoms with Crippen LogP contribution in [-0.2, 0) is 0 Å². The third kappa shape index (κ3) is 2.44. The SMILES string of the molecule is CCC(O)c1cn(-c2cc(F)c(Br)cc2C)nn1. The number of halogens is 2. The maximum Gasteiger partial charge on any atom is 0.139 e. The lowest BCUT2D eigenvalue weighted by Gasteiger charge is -2.06. The van der Waals surface area contributed by atoms with E-state index >= 15 is 0 Å². The standard InChI is InChI=1S/C12H13BrFN3O/c1-3-12(18)10-6-17(16-15-10)11-5-9(14)8(13)4-7(11)2/h4-6,12,18H,3H2,1-2H3. The summed E-state index contributed by atoms with van der Waals surface area (Å²) in [6.45, 7) is 3.71. The van der Waals surface area contributed by atoms with Crippen molar-refractivity contribution in [2.45, 2.75) is 26.4 Å². The van der Waals surface area contributed by atoms with Gasteiger partial charge < -0.3 is 5.11 Å². The Kier molecular flexibility index (Phi) is 3.77. The minimum atomic E-state index is -0.639. The van der Waals surface area contributed by atoms with Crippen molar-refractivity contribution in [2.24, 2.45) is 0 Å². The van der Waals surface area contributed by atoms with Crippen LogP contribution >= 0.6 is 15.9 Å². The van der Waals surface area contributed by atoms with Gasteiger partial charge in [0.2, 0.25) is 0 Å². The first-order valence-electron chi connectivity index (χ1n) is 5.59. The Morgan fingerprint density at radius 2 is 2.22 bits per heavy atom. The van der Waals surface area contributed by atoms with Gasteiger partial charge >= 0.3 is 0 Å². The largest absolute Gasteiger partial charge is 0.387 e. The van der Waals surface area contributed by atoms with Gasteiger partial charge in [-0.1, -0.05) is 12.1 Å². The number of aliphatic hydroxyl groups excluding tert-OH is 1. The Morgan fingerprint density at radius 3 is 2.89 bits per heavy atom. The average molecular weight is 314 g/mol. The lowest BCUT2D eigenvalue weighted by atomic mass is 10.2. The van der Waals surface area contributed by atoms with Crippen molar-refractivity contribution >= 4 is 15.9 Å². The zero-order chi connectivity index (χ0) is 13.3. The van der Waals surface area contributed by atoms with E-state index in [4.69, 9.17) is 0 Å². The Hall–Kier alpha value is -1.27. The highest BCUT2D eigenvalue weighted by atomic mass is 79.9. The van der Waals surface area contributed by atoms with Gasteiger partial charge in [0.1, 0.15) is 11.5 Å². The minimum absolute atomic E-state index is 0.358. The molecule has 0 saturated carbocycles. The van der Waals surface area contributed by atoms with Gasteiger partial charge in [0.15, 0.2) is 0 Å². The zero-order valence-corrected chi connectivity index (χ0v) is 11.6. The number of hydrogen-bond donors (Lipinski definition) is 1. The highest BCUT2D eigenvalue weighted by Gasteiger charge is 2.13. The molecule has 6 heteroatoms. The first kappa shape index (κ1) is 13.2. The van der Waals surface area contributed by atoms with E-state index in [2.05, 4.69) is 26.2 Å². The molecule has 2 aromatic rings. The second-order valence-corrected chi connectivity index (χ2v) is 4.92. The van der Waals surface area contributed by atoms with Crippen LogP contribution in [0.25, 0.3) is 5.69 Å². The normalized spacial score (nSPS) is 12.7. The van der Waals surface area contributed by atoms with Crippen molar-refractivity contribution in [3.05, 3.63) is 39.9 Å². The van der Waals surface area contributed by atoms with Crippen molar-refractivity contribution in [3.63, 3.8) is 0 Å². The Labute approximate surface area is 113 Å². The maximum atomic E-state index is 13.5. The van der Waals surface area contributed by atoms with Gasteiger partial charge in [-0.15, -0.1) is 5.10 Å². The van der Waals surface area contributed by atoms with Crippen LogP contribution in [0.3, 0.4) is 0 Å². The quantitative estimate of drug-likeness (QED) is 0.948.